The molecular weight excluding hydrogens is 182 g/mol. The first-order chi connectivity index (χ1) is 6.74. The number of hydrogen-bond acceptors (Lipinski definition) is 3. The lowest BCUT2D eigenvalue weighted by molar-refractivity contribution is 0.0690. The van der Waals surface area contributed by atoms with E-state index in [1.54, 1.807) is 12.1 Å². The number of ether oxygens (including phenoxy) is 1. The Morgan fingerprint density at radius 3 is 3.14 bits per heavy atom. The minimum atomic E-state index is -1.06. The van der Waals surface area contributed by atoms with Crippen molar-refractivity contribution < 1.29 is 14.6 Å². The zero-order valence-electron chi connectivity index (χ0n) is 7.64. The molecule has 0 spiro atoms. The standard InChI is InChI=1S/C10H11NO3/c1-2-3-6-14-8-4-5-11-9(7-8)10(12)13/h2,4-5,7H,1,3,6H2,(H,12,13). The lowest BCUT2D eigenvalue weighted by Gasteiger charge is -2.03. The highest BCUT2D eigenvalue weighted by molar-refractivity contribution is 5.85. The molecule has 1 aromatic heterocycles. The van der Waals surface area contributed by atoms with Crippen LogP contribution in [0.3, 0.4) is 0 Å². The van der Waals surface area contributed by atoms with Gasteiger partial charge in [-0.3, -0.25) is 0 Å². The number of carboxylic acid groups (broad SMARTS) is 1. The fourth-order valence-corrected chi connectivity index (χ4v) is 0.878. The summed E-state index contributed by atoms with van der Waals surface area (Å²) in [5, 5.41) is 8.65. The number of rotatable bonds is 5. The molecule has 0 saturated carbocycles. The maximum atomic E-state index is 10.5. The van der Waals surface area contributed by atoms with E-state index in [2.05, 4.69) is 11.6 Å². The monoisotopic (exact) mass is 193 g/mol. The zero-order valence-corrected chi connectivity index (χ0v) is 7.64. The van der Waals surface area contributed by atoms with Gasteiger partial charge in [0.05, 0.1) is 6.61 Å². The van der Waals surface area contributed by atoms with Crippen LogP contribution in [0.4, 0.5) is 0 Å². The maximum Gasteiger partial charge on any atom is 0.354 e. The van der Waals surface area contributed by atoms with Crippen molar-refractivity contribution in [3.8, 4) is 5.75 Å². The summed E-state index contributed by atoms with van der Waals surface area (Å²) < 4.78 is 5.26. The van der Waals surface area contributed by atoms with Crippen molar-refractivity contribution in [1.29, 1.82) is 0 Å². The molecule has 0 atom stereocenters. The van der Waals surface area contributed by atoms with Gasteiger partial charge in [0.1, 0.15) is 5.75 Å². The molecule has 0 aliphatic rings. The second-order valence-corrected chi connectivity index (χ2v) is 2.61. The van der Waals surface area contributed by atoms with Gasteiger partial charge in [-0.15, -0.1) is 6.58 Å². The second kappa shape index (κ2) is 5.01. The van der Waals surface area contributed by atoms with E-state index >= 15 is 0 Å². The van der Waals surface area contributed by atoms with Gasteiger partial charge in [0.25, 0.3) is 0 Å². The Kier molecular flexibility index (Phi) is 3.67. The van der Waals surface area contributed by atoms with Gasteiger partial charge in [-0.1, -0.05) is 6.08 Å². The third kappa shape index (κ3) is 2.90. The SMILES string of the molecule is C=CCCOc1ccnc(C(=O)O)c1. The molecular formula is C10H11NO3. The Hall–Kier alpha value is -1.84. The molecule has 4 heteroatoms. The fraction of sp³-hybridized carbons (Fsp3) is 0.200. The van der Waals surface area contributed by atoms with Crippen LogP contribution in [0.25, 0.3) is 0 Å². The molecule has 1 N–H and O–H groups in total. The van der Waals surface area contributed by atoms with Crippen LogP contribution in [-0.4, -0.2) is 22.7 Å². The topological polar surface area (TPSA) is 59.4 Å². The van der Waals surface area contributed by atoms with Gasteiger partial charge in [0.15, 0.2) is 5.69 Å². The zero-order chi connectivity index (χ0) is 10.4. The van der Waals surface area contributed by atoms with Crippen LogP contribution in [-0.2, 0) is 0 Å². The average Bonchev–Trinajstić information content (AvgIpc) is 2.19. The van der Waals surface area contributed by atoms with E-state index in [0.717, 1.165) is 6.42 Å². The van der Waals surface area contributed by atoms with Crippen molar-refractivity contribution in [3.05, 3.63) is 36.7 Å². The van der Waals surface area contributed by atoms with Gasteiger partial charge < -0.3 is 9.84 Å². The number of carbonyl (C=O) groups is 1. The molecule has 4 nitrogen and oxygen atoms in total. The van der Waals surface area contributed by atoms with Crippen molar-refractivity contribution in [3.63, 3.8) is 0 Å². The first-order valence-electron chi connectivity index (χ1n) is 4.17. The number of pyridine rings is 1. The molecule has 1 rings (SSSR count). The lowest BCUT2D eigenvalue weighted by Crippen LogP contribution is -2.01. The Morgan fingerprint density at radius 2 is 2.50 bits per heavy atom. The lowest BCUT2D eigenvalue weighted by atomic mass is 10.3. The fourth-order valence-electron chi connectivity index (χ4n) is 0.878. The van der Waals surface area contributed by atoms with E-state index < -0.39 is 5.97 Å². The summed E-state index contributed by atoms with van der Waals surface area (Å²) in [7, 11) is 0. The van der Waals surface area contributed by atoms with Gasteiger partial charge in [-0.25, -0.2) is 9.78 Å². The highest BCUT2D eigenvalue weighted by Gasteiger charge is 2.04. The molecule has 0 fully saturated rings. The number of hydrogen-bond donors (Lipinski definition) is 1. The third-order valence-electron chi connectivity index (χ3n) is 1.54. The van der Waals surface area contributed by atoms with E-state index in [-0.39, 0.29) is 5.69 Å². The van der Waals surface area contributed by atoms with Gasteiger partial charge in [0, 0.05) is 12.3 Å². The van der Waals surface area contributed by atoms with E-state index in [0.29, 0.717) is 12.4 Å². The summed E-state index contributed by atoms with van der Waals surface area (Å²) in [6, 6.07) is 3.01. The van der Waals surface area contributed by atoms with Crippen LogP contribution in [0.5, 0.6) is 5.75 Å². The third-order valence-corrected chi connectivity index (χ3v) is 1.54. The molecule has 1 aromatic rings. The van der Waals surface area contributed by atoms with Crippen LogP contribution in [0.2, 0.25) is 0 Å². The molecule has 0 amide bonds. The van der Waals surface area contributed by atoms with E-state index in [4.69, 9.17) is 9.84 Å². The van der Waals surface area contributed by atoms with Gasteiger partial charge >= 0.3 is 5.97 Å². The van der Waals surface area contributed by atoms with E-state index in [1.807, 2.05) is 0 Å². The summed E-state index contributed by atoms with van der Waals surface area (Å²) in [5.74, 6) is -0.543. The predicted octanol–water partition coefficient (Wildman–Crippen LogP) is 1.73. The Morgan fingerprint density at radius 1 is 1.71 bits per heavy atom. The van der Waals surface area contributed by atoms with E-state index in [1.165, 1.54) is 12.3 Å². The smallest absolute Gasteiger partial charge is 0.354 e. The van der Waals surface area contributed by atoms with Gasteiger partial charge in [-0.2, -0.15) is 0 Å². The molecule has 14 heavy (non-hydrogen) atoms. The quantitative estimate of drug-likeness (QED) is 0.571. The molecule has 0 aliphatic carbocycles. The molecule has 0 saturated heterocycles. The average molecular weight is 193 g/mol. The normalized spacial score (nSPS) is 9.43. The second-order valence-electron chi connectivity index (χ2n) is 2.61. The molecule has 0 bridgehead atoms. The van der Waals surface area contributed by atoms with Crippen molar-refractivity contribution in [2.75, 3.05) is 6.61 Å². The minimum Gasteiger partial charge on any atom is -0.493 e. The van der Waals surface area contributed by atoms with Crippen LogP contribution >= 0.6 is 0 Å². The van der Waals surface area contributed by atoms with Crippen molar-refractivity contribution >= 4 is 5.97 Å². The summed E-state index contributed by atoms with van der Waals surface area (Å²) in [5.41, 5.74) is -0.0129. The van der Waals surface area contributed by atoms with Gasteiger partial charge in [-0.05, 0) is 12.5 Å². The summed E-state index contributed by atoms with van der Waals surface area (Å²) in [6.07, 6.45) is 3.87. The highest BCUT2D eigenvalue weighted by atomic mass is 16.5. The maximum absolute atomic E-state index is 10.5. The molecule has 0 unspecified atom stereocenters. The van der Waals surface area contributed by atoms with Crippen molar-refractivity contribution in [2.45, 2.75) is 6.42 Å². The molecule has 0 aliphatic heterocycles. The van der Waals surface area contributed by atoms with Crippen LogP contribution < -0.4 is 4.74 Å². The van der Waals surface area contributed by atoms with Crippen LogP contribution in [0.15, 0.2) is 31.0 Å². The number of nitrogens with zero attached hydrogens (tertiary/aromatic N) is 1. The summed E-state index contributed by atoms with van der Waals surface area (Å²) in [4.78, 5) is 14.2. The Labute approximate surface area is 81.9 Å². The summed E-state index contributed by atoms with van der Waals surface area (Å²) >= 11 is 0. The van der Waals surface area contributed by atoms with Crippen LogP contribution in [0, 0.1) is 0 Å². The molecule has 74 valence electrons. The predicted molar refractivity (Wildman–Crippen MR) is 51.5 cm³/mol. The van der Waals surface area contributed by atoms with Gasteiger partial charge in [0.2, 0.25) is 0 Å². The highest BCUT2D eigenvalue weighted by Crippen LogP contribution is 2.11. The number of aromatic nitrogens is 1. The minimum absolute atomic E-state index is 0.0129. The largest absolute Gasteiger partial charge is 0.493 e. The van der Waals surface area contributed by atoms with E-state index in [9.17, 15) is 4.79 Å². The van der Waals surface area contributed by atoms with Crippen molar-refractivity contribution in [1.82, 2.24) is 4.98 Å². The first-order valence-corrected chi connectivity index (χ1v) is 4.17. The molecule has 1 heterocycles. The Bertz CT molecular complexity index is 336. The number of aromatic carboxylic acids is 1. The van der Waals surface area contributed by atoms with Crippen LogP contribution in [0.1, 0.15) is 16.9 Å². The molecule has 0 aromatic carbocycles. The summed E-state index contributed by atoms with van der Waals surface area (Å²) in [6.45, 7) is 4.04. The Balaban J connectivity index is 2.63. The molecule has 0 radical (unpaired) electrons. The van der Waals surface area contributed by atoms with Crippen molar-refractivity contribution in [2.24, 2.45) is 0 Å². The number of carboxylic acids is 1. The first kappa shape index (κ1) is 10.2.